The summed E-state index contributed by atoms with van der Waals surface area (Å²) in [7, 11) is 0. The monoisotopic (exact) mass is 251 g/mol. The van der Waals surface area contributed by atoms with Crippen molar-refractivity contribution in [2.24, 2.45) is 11.3 Å². The summed E-state index contributed by atoms with van der Waals surface area (Å²) in [6.45, 7) is 9.50. The van der Waals surface area contributed by atoms with E-state index in [1.54, 1.807) is 12.1 Å². The van der Waals surface area contributed by atoms with Crippen LogP contribution in [0.2, 0.25) is 0 Å². The van der Waals surface area contributed by atoms with E-state index in [1.807, 2.05) is 0 Å². The Balaban J connectivity index is 2.76. The molecule has 0 amide bonds. The molecule has 0 atom stereocenters. The third kappa shape index (κ3) is 3.35. The third-order valence-corrected chi connectivity index (χ3v) is 3.54. The van der Waals surface area contributed by atoms with Crippen LogP contribution in [0.25, 0.3) is 0 Å². The lowest BCUT2D eigenvalue weighted by atomic mass is 9.81. The highest BCUT2D eigenvalue weighted by molar-refractivity contribution is 5.65. The molecule has 0 saturated carbocycles. The Labute approximate surface area is 108 Å². The number of nitrogens with zero attached hydrogens (tertiary/aromatic N) is 1. The van der Waals surface area contributed by atoms with Gasteiger partial charge in [-0.1, -0.05) is 27.7 Å². The maximum atomic E-state index is 10.6. The van der Waals surface area contributed by atoms with E-state index < -0.39 is 4.92 Å². The minimum absolute atomic E-state index is 0.0522. The van der Waals surface area contributed by atoms with Gasteiger partial charge in [0.05, 0.1) is 4.92 Å². The SMILES string of the molecule is CC(C)C(C)(C)CNc1ccc([N+](=O)[O-])c(N)c1. The second-order valence-electron chi connectivity index (χ2n) is 5.53. The average Bonchev–Trinajstić information content (AvgIpc) is 2.25. The summed E-state index contributed by atoms with van der Waals surface area (Å²) in [5, 5.41) is 13.9. The Morgan fingerprint density at radius 2 is 2.06 bits per heavy atom. The molecule has 0 aliphatic rings. The number of benzene rings is 1. The zero-order valence-electron chi connectivity index (χ0n) is 11.4. The summed E-state index contributed by atoms with van der Waals surface area (Å²) < 4.78 is 0. The quantitative estimate of drug-likeness (QED) is 0.478. The van der Waals surface area contributed by atoms with Crippen LogP contribution in [-0.4, -0.2) is 11.5 Å². The van der Waals surface area contributed by atoms with Gasteiger partial charge in [-0.15, -0.1) is 0 Å². The minimum Gasteiger partial charge on any atom is -0.393 e. The second kappa shape index (κ2) is 5.25. The molecule has 0 aliphatic carbocycles. The Morgan fingerprint density at radius 1 is 1.44 bits per heavy atom. The first-order valence-corrected chi connectivity index (χ1v) is 6.02. The van der Waals surface area contributed by atoms with E-state index >= 15 is 0 Å². The summed E-state index contributed by atoms with van der Waals surface area (Å²) in [5.74, 6) is 0.542. The van der Waals surface area contributed by atoms with Crippen molar-refractivity contribution < 1.29 is 4.92 Å². The maximum absolute atomic E-state index is 10.6. The highest BCUT2D eigenvalue weighted by Gasteiger charge is 2.22. The molecule has 1 aromatic rings. The van der Waals surface area contributed by atoms with Crippen LogP contribution in [0.3, 0.4) is 0 Å². The molecule has 0 aromatic heterocycles. The number of hydrogen-bond donors (Lipinski definition) is 2. The first kappa shape index (κ1) is 14.3. The van der Waals surface area contributed by atoms with Gasteiger partial charge in [-0.25, -0.2) is 0 Å². The lowest BCUT2D eigenvalue weighted by Gasteiger charge is -2.29. The van der Waals surface area contributed by atoms with Crippen LogP contribution >= 0.6 is 0 Å². The van der Waals surface area contributed by atoms with Gasteiger partial charge in [-0.3, -0.25) is 10.1 Å². The molecule has 18 heavy (non-hydrogen) atoms. The van der Waals surface area contributed by atoms with Crippen LogP contribution in [0.4, 0.5) is 17.1 Å². The molecule has 1 aromatic carbocycles. The maximum Gasteiger partial charge on any atom is 0.292 e. The first-order chi connectivity index (χ1) is 8.24. The summed E-state index contributed by atoms with van der Waals surface area (Å²) in [6, 6.07) is 4.72. The van der Waals surface area contributed by atoms with Crippen molar-refractivity contribution in [2.45, 2.75) is 27.7 Å². The number of hydrogen-bond acceptors (Lipinski definition) is 4. The van der Waals surface area contributed by atoms with Crippen LogP contribution in [0.5, 0.6) is 0 Å². The van der Waals surface area contributed by atoms with Gasteiger partial charge < -0.3 is 11.1 Å². The van der Waals surface area contributed by atoms with Crippen LogP contribution in [0.1, 0.15) is 27.7 Å². The zero-order valence-corrected chi connectivity index (χ0v) is 11.4. The van der Waals surface area contributed by atoms with Crippen LogP contribution in [0, 0.1) is 21.4 Å². The van der Waals surface area contributed by atoms with Crippen molar-refractivity contribution in [1.82, 2.24) is 0 Å². The van der Waals surface area contributed by atoms with E-state index in [2.05, 4.69) is 33.0 Å². The Hall–Kier alpha value is -1.78. The molecule has 1 rings (SSSR count). The standard InChI is InChI=1S/C13H21N3O2/c1-9(2)13(3,4)8-15-10-5-6-12(16(17)18)11(14)7-10/h5-7,9,15H,8,14H2,1-4H3. The van der Waals surface area contributed by atoms with Crippen molar-refractivity contribution in [1.29, 1.82) is 0 Å². The van der Waals surface area contributed by atoms with Gasteiger partial charge in [-0.2, -0.15) is 0 Å². The lowest BCUT2D eigenvalue weighted by molar-refractivity contribution is -0.383. The van der Waals surface area contributed by atoms with E-state index in [1.165, 1.54) is 6.07 Å². The largest absolute Gasteiger partial charge is 0.393 e. The Morgan fingerprint density at radius 3 is 2.50 bits per heavy atom. The van der Waals surface area contributed by atoms with Crippen molar-refractivity contribution >= 4 is 17.1 Å². The van der Waals surface area contributed by atoms with Gasteiger partial charge in [0.15, 0.2) is 0 Å². The van der Waals surface area contributed by atoms with E-state index in [4.69, 9.17) is 5.73 Å². The molecule has 0 unspecified atom stereocenters. The molecule has 0 spiro atoms. The predicted molar refractivity (Wildman–Crippen MR) is 74.6 cm³/mol. The van der Waals surface area contributed by atoms with Gasteiger partial charge in [0.1, 0.15) is 5.69 Å². The van der Waals surface area contributed by atoms with Gasteiger partial charge in [-0.05, 0) is 23.5 Å². The van der Waals surface area contributed by atoms with Gasteiger partial charge >= 0.3 is 0 Å². The fourth-order valence-corrected chi connectivity index (χ4v) is 1.36. The van der Waals surface area contributed by atoms with Crippen molar-refractivity contribution in [3.05, 3.63) is 28.3 Å². The van der Waals surface area contributed by atoms with Gasteiger partial charge in [0.25, 0.3) is 5.69 Å². The van der Waals surface area contributed by atoms with Gasteiger partial charge in [0.2, 0.25) is 0 Å². The number of nitro groups is 1. The predicted octanol–water partition coefficient (Wildman–Crippen LogP) is 3.27. The third-order valence-electron chi connectivity index (χ3n) is 3.54. The van der Waals surface area contributed by atoms with E-state index in [9.17, 15) is 10.1 Å². The van der Waals surface area contributed by atoms with Gasteiger partial charge in [0, 0.05) is 18.3 Å². The Kier molecular flexibility index (Phi) is 4.16. The average molecular weight is 251 g/mol. The molecule has 0 saturated heterocycles. The molecular weight excluding hydrogens is 230 g/mol. The molecule has 0 fully saturated rings. The minimum atomic E-state index is -0.475. The number of nitrogens with one attached hydrogen (secondary N) is 1. The number of nitrogen functional groups attached to an aromatic ring is 1. The fraction of sp³-hybridized carbons (Fsp3) is 0.538. The highest BCUT2D eigenvalue weighted by atomic mass is 16.6. The van der Waals surface area contributed by atoms with E-state index in [-0.39, 0.29) is 16.8 Å². The molecule has 3 N–H and O–H groups in total. The van der Waals surface area contributed by atoms with Crippen molar-refractivity contribution in [3.8, 4) is 0 Å². The molecule has 5 heteroatoms. The summed E-state index contributed by atoms with van der Waals surface area (Å²) >= 11 is 0. The number of anilines is 2. The number of rotatable bonds is 5. The molecule has 0 bridgehead atoms. The van der Waals surface area contributed by atoms with Crippen LogP contribution in [0.15, 0.2) is 18.2 Å². The van der Waals surface area contributed by atoms with Crippen molar-refractivity contribution in [2.75, 3.05) is 17.6 Å². The molecule has 0 radical (unpaired) electrons. The molecule has 100 valence electrons. The lowest BCUT2D eigenvalue weighted by Crippen LogP contribution is -2.28. The molecule has 0 aliphatic heterocycles. The Bertz CT molecular complexity index is 442. The summed E-state index contributed by atoms with van der Waals surface area (Å²) in [6.07, 6.45) is 0. The molecule has 0 heterocycles. The summed E-state index contributed by atoms with van der Waals surface area (Å²) in [5.41, 5.74) is 6.74. The van der Waals surface area contributed by atoms with E-state index in [0.717, 1.165) is 12.2 Å². The smallest absolute Gasteiger partial charge is 0.292 e. The second-order valence-corrected chi connectivity index (χ2v) is 5.53. The molecular formula is C13H21N3O2. The molecule has 5 nitrogen and oxygen atoms in total. The highest BCUT2D eigenvalue weighted by Crippen LogP contribution is 2.28. The first-order valence-electron chi connectivity index (χ1n) is 6.02. The van der Waals surface area contributed by atoms with Crippen LogP contribution in [-0.2, 0) is 0 Å². The number of nitro benzene ring substituents is 1. The normalized spacial score (nSPS) is 11.6. The van der Waals surface area contributed by atoms with E-state index in [0.29, 0.717) is 5.92 Å². The summed E-state index contributed by atoms with van der Waals surface area (Å²) in [4.78, 5) is 10.2. The topological polar surface area (TPSA) is 81.2 Å². The fourth-order valence-electron chi connectivity index (χ4n) is 1.36. The van der Waals surface area contributed by atoms with Crippen molar-refractivity contribution in [3.63, 3.8) is 0 Å². The van der Waals surface area contributed by atoms with Crippen LogP contribution < -0.4 is 11.1 Å². The number of nitrogens with two attached hydrogens (primary N) is 1. The zero-order chi connectivity index (χ0) is 13.9.